The number of hydrogen-bond acceptors (Lipinski definition) is 2. The van der Waals surface area contributed by atoms with Crippen LogP contribution in [0.4, 0.5) is 0 Å². The van der Waals surface area contributed by atoms with Crippen molar-refractivity contribution in [2.75, 3.05) is 0 Å². The van der Waals surface area contributed by atoms with Crippen molar-refractivity contribution in [3.8, 4) is 0 Å². The lowest BCUT2D eigenvalue weighted by molar-refractivity contribution is 1.18. The highest BCUT2D eigenvalue weighted by atomic mass is 32.1. The standard InChI is InChI=1S/C3H7NS/c1-2-3(4)5/h2-3,5H,1,4H2. The van der Waals surface area contributed by atoms with Gasteiger partial charge in [-0.05, 0) is 0 Å². The van der Waals surface area contributed by atoms with E-state index in [0.29, 0.717) is 0 Å². The van der Waals surface area contributed by atoms with Gasteiger partial charge in [0.15, 0.2) is 0 Å². The zero-order valence-electron chi connectivity index (χ0n) is 2.89. The second kappa shape index (κ2) is 2.30. The normalized spacial score (nSPS) is 14.0. The molecule has 0 fully saturated rings. The van der Waals surface area contributed by atoms with Crippen LogP contribution in [0.3, 0.4) is 0 Å². The van der Waals surface area contributed by atoms with Crippen LogP contribution >= 0.6 is 12.6 Å². The SMILES string of the molecule is C=CC(N)S. The smallest absolute Gasteiger partial charge is 0.0661 e. The number of hydrogen-bond donors (Lipinski definition) is 2. The summed E-state index contributed by atoms with van der Waals surface area (Å²) in [7, 11) is 0. The van der Waals surface area contributed by atoms with E-state index in [1.54, 1.807) is 6.08 Å². The molecule has 0 heterocycles. The number of nitrogens with two attached hydrogens (primary N) is 1. The highest BCUT2D eigenvalue weighted by Crippen LogP contribution is 1.79. The van der Waals surface area contributed by atoms with E-state index in [4.69, 9.17) is 5.73 Å². The molecule has 0 saturated heterocycles. The molecule has 0 aliphatic rings. The van der Waals surface area contributed by atoms with Gasteiger partial charge in [-0.1, -0.05) is 6.08 Å². The third kappa shape index (κ3) is 4.05. The highest BCUT2D eigenvalue weighted by molar-refractivity contribution is 7.81. The molecule has 0 radical (unpaired) electrons. The number of rotatable bonds is 1. The van der Waals surface area contributed by atoms with Crippen LogP contribution in [0.15, 0.2) is 12.7 Å². The van der Waals surface area contributed by atoms with E-state index < -0.39 is 0 Å². The molecule has 5 heavy (non-hydrogen) atoms. The minimum atomic E-state index is -0.157. The van der Waals surface area contributed by atoms with Crippen molar-refractivity contribution in [2.24, 2.45) is 5.73 Å². The molecule has 0 saturated carbocycles. The summed E-state index contributed by atoms with van der Waals surface area (Å²) < 4.78 is 0. The van der Waals surface area contributed by atoms with Gasteiger partial charge >= 0.3 is 0 Å². The Labute approximate surface area is 37.3 Å². The molecule has 0 aromatic rings. The molecule has 0 amide bonds. The first-order valence-electron chi connectivity index (χ1n) is 1.33. The van der Waals surface area contributed by atoms with Gasteiger partial charge in [0.25, 0.3) is 0 Å². The fraction of sp³-hybridized carbons (Fsp3) is 0.333. The van der Waals surface area contributed by atoms with Crippen LogP contribution in [-0.2, 0) is 0 Å². The van der Waals surface area contributed by atoms with Gasteiger partial charge < -0.3 is 5.73 Å². The molecule has 0 aromatic heterocycles. The maximum Gasteiger partial charge on any atom is 0.0661 e. The Morgan fingerprint density at radius 2 is 2.20 bits per heavy atom. The first-order chi connectivity index (χ1) is 2.27. The van der Waals surface area contributed by atoms with E-state index in [0.717, 1.165) is 0 Å². The number of thiol groups is 1. The van der Waals surface area contributed by atoms with Crippen LogP contribution in [-0.4, -0.2) is 5.37 Å². The van der Waals surface area contributed by atoms with Crippen LogP contribution in [0, 0.1) is 0 Å². The average Bonchev–Trinajstić information content (AvgIpc) is 1.38. The van der Waals surface area contributed by atoms with E-state index in [2.05, 4.69) is 19.2 Å². The van der Waals surface area contributed by atoms with Gasteiger partial charge in [0.2, 0.25) is 0 Å². The predicted octanol–water partition coefficient (Wildman–Crippen LogP) is 0.387. The summed E-state index contributed by atoms with van der Waals surface area (Å²) in [5.41, 5.74) is 5.04. The molecule has 0 aliphatic carbocycles. The summed E-state index contributed by atoms with van der Waals surface area (Å²) in [5, 5.41) is -0.157. The Hall–Kier alpha value is 0.0500. The second-order valence-electron chi connectivity index (χ2n) is 0.726. The minimum absolute atomic E-state index is 0.157. The Bertz CT molecular complexity index is 33.9. The lowest BCUT2D eigenvalue weighted by Gasteiger charge is -1.85. The van der Waals surface area contributed by atoms with Crippen molar-refractivity contribution in [2.45, 2.75) is 5.37 Å². The average molecular weight is 89.2 g/mol. The Morgan fingerprint density at radius 3 is 2.20 bits per heavy atom. The quantitative estimate of drug-likeness (QED) is 0.271. The molecular formula is C3H7NS. The summed E-state index contributed by atoms with van der Waals surface area (Å²) in [6.07, 6.45) is 1.56. The molecule has 30 valence electrons. The van der Waals surface area contributed by atoms with E-state index in [1.807, 2.05) is 0 Å². The molecule has 1 nitrogen and oxygen atoms in total. The molecule has 0 aromatic carbocycles. The van der Waals surface area contributed by atoms with Crippen molar-refractivity contribution in [1.29, 1.82) is 0 Å². The zero-order chi connectivity index (χ0) is 4.28. The zero-order valence-corrected chi connectivity index (χ0v) is 3.78. The van der Waals surface area contributed by atoms with Crippen LogP contribution in [0.5, 0.6) is 0 Å². The summed E-state index contributed by atoms with van der Waals surface area (Å²) in [5.74, 6) is 0. The van der Waals surface area contributed by atoms with Crippen LogP contribution in [0.2, 0.25) is 0 Å². The first kappa shape index (κ1) is 5.05. The Morgan fingerprint density at radius 1 is 2.00 bits per heavy atom. The maximum atomic E-state index is 5.04. The molecule has 2 heteroatoms. The van der Waals surface area contributed by atoms with Gasteiger partial charge in [-0.3, -0.25) is 0 Å². The Balaban J connectivity index is 2.83. The van der Waals surface area contributed by atoms with E-state index in [-0.39, 0.29) is 5.37 Å². The molecule has 0 aliphatic heterocycles. The van der Waals surface area contributed by atoms with E-state index >= 15 is 0 Å². The molecule has 0 rings (SSSR count). The van der Waals surface area contributed by atoms with Crippen molar-refractivity contribution < 1.29 is 0 Å². The van der Waals surface area contributed by atoms with E-state index in [9.17, 15) is 0 Å². The van der Waals surface area contributed by atoms with Crippen LogP contribution < -0.4 is 5.73 Å². The minimum Gasteiger partial charge on any atom is -0.316 e. The summed E-state index contributed by atoms with van der Waals surface area (Å²) in [6.45, 7) is 3.36. The van der Waals surface area contributed by atoms with Gasteiger partial charge in [0, 0.05) is 0 Å². The van der Waals surface area contributed by atoms with Gasteiger partial charge in [0.05, 0.1) is 5.37 Å². The molecular weight excluding hydrogens is 82.1 g/mol. The second-order valence-corrected chi connectivity index (χ2v) is 1.32. The monoisotopic (exact) mass is 89.0 g/mol. The molecule has 1 unspecified atom stereocenters. The summed E-state index contributed by atoms with van der Waals surface area (Å²) in [6, 6.07) is 0. The largest absolute Gasteiger partial charge is 0.316 e. The third-order valence-electron chi connectivity index (χ3n) is 0.241. The fourth-order valence-corrected chi connectivity index (χ4v) is 0. The Kier molecular flexibility index (Phi) is 2.32. The van der Waals surface area contributed by atoms with Gasteiger partial charge in [-0.15, -0.1) is 6.58 Å². The fourth-order valence-electron chi connectivity index (χ4n) is 0. The van der Waals surface area contributed by atoms with Gasteiger partial charge in [0.1, 0.15) is 0 Å². The first-order valence-corrected chi connectivity index (χ1v) is 1.85. The van der Waals surface area contributed by atoms with Crippen LogP contribution in [0.1, 0.15) is 0 Å². The van der Waals surface area contributed by atoms with Gasteiger partial charge in [-0.25, -0.2) is 0 Å². The van der Waals surface area contributed by atoms with Crippen molar-refractivity contribution in [3.05, 3.63) is 12.7 Å². The highest BCUT2D eigenvalue weighted by Gasteiger charge is 1.74. The molecule has 0 spiro atoms. The summed E-state index contributed by atoms with van der Waals surface area (Å²) >= 11 is 3.76. The molecule has 0 bridgehead atoms. The van der Waals surface area contributed by atoms with Crippen molar-refractivity contribution in [1.82, 2.24) is 0 Å². The van der Waals surface area contributed by atoms with Gasteiger partial charge in [-0.2, -0.15) is 12.6 Å². The lowest BCUT2D eigenvalue weighted by Crippen LogP contribution is -2.05. The van der Waals surface area contributed by atoms with Crippen molar-refractivity contribution in [3.63, 3.8) is 0 Å². The molecule has 1 atom stereocenters. The third-order valence-corrected chi connectivity index (χ3v) is 0.452. The van der Waals surface area contributed by atoms with E-state index in [1.165, 1.54) is 0 Å². The van der Waals surface area contributed by atoms with Crippen LogP contribution in [0.25, 0.3) is 0 Å². The van der Waals surface area contributed by atoms with Crippen molar-refractivity contribution >= 4 is 12.6 Å². The predicted molar refractivity (Wildman–Crippen MR) is 27.2 cm³/mol. The lowest BCUT2D eigenvalue weighted by atomic mass is 10.7. The summed E-state index contributed by atoms with van der Waals surface area (Å²) in [4.78, 5) is 0. The topological polar surface area (TPSA) is 26.0 Å². The maximum absolute atomic E-state index is 5.04. The molecule has 2 N–H and O–H groups in total.